The molecule has 0 fully saturated rings. The molecule has 0 bridgehead atoms. The average molecular weight is 352 g/mol. The van der Waals surface area contributed by atoms with Crippen LogP contribution < -0.4 is 9.46 Å². The van der Waals surface area contributed by atoms with Gasteiger partial charge in [0.05, 0.1) is 13.6 Å². The second-order valence-electron chi connectivity index (χ2n) is 4.50. The molecule has 1 heterocycles. The van der Waals surface area contributed by atoms with Gasteiger partial charge in [0.15, 0.2) is 0 Å². The van der Waals surface area contributed by atoms with E-state index in [4.69, 9.17) is 22.7 Å². The van der Waals surface area contributed by atoms with Gasteiger partial charge in [-0.25, -0.2) is 9.13 Å². The van der Waals surface area contributed by atoms with Gasteiger partial charge in [-0.2, -0.15) is 0 Å². The van der Waals surface area contributed by atoms with Crippen molar-refractivity contribution in [1.82, 2.24) is 4.57 Å². The summed E-state index contributed by atoms with van der Waals surface area (Å²) in [6.45, 7) is 8.87. The maximum atomic E-state index is 8.46. The summed E-state index contributed by atoms with van der Waals surface area (Å²) < 4.78 is 30.2. The number of nitrogens with zero attached hydrogens (tertiary/aromatic N) is 2. The summed E-state index contributed by atoms with van der Waals surface area (Å²) in [6.07, 6.45) is 7.19. The van der Waals surface area contributed by atoms with Crippen molar-refractivity contribution in [3.05, 3.63) is 18.7 Å². The van der Waals surface area contributed by atoms with Gasteiger partial charge in [0.2, 0.25) is 6.33 Å². The van der Waals surface area contributed by atoms with Gasteiger partial charge in [-0.1, -0.05) is 0 Å². The predicted octanol–water partition coefficient (Wildman–Crippen LogP) is 0.769. The van der Waals surface area contributed by atoms with E-state index < -0.39 is 17.5 Å². The summed E-state index contributed by atoms with van der Waals surface area (Å²) in [5, 5.41) is 0. The Hall–Kier alpha value is -0.503. The Balaban J connectivity index is 0.00000135. The van der Waals surface area contributed by atoms with Gasteiger partial charge < -0.3 is 22.7 Å². The third-order valence-electron chi connectivity index (χ3n) is 2.82. The molecule has 1 unspecified atom stereocenters. The normalized spacial score (nSPS) is 11.7. The largest absolute Gasteiger partial charge is 0.804 e. The average Bonchev–Trinajstić information content (AvgIpc) is 2.86. The molecule has 9 heteroatoms. The van der Waals surface area contributed by atoms with E-state index in [9.17, 15) is 0 Å². The van der Waals surface area contributed by atoms with E-state index in [0.717, 1.165) is 19.0 Å². The lowest BCUT2D eigenvalue weighted by molar-refractivity contribution is -0.671. The fourth-order valence-electron chi connectivity index (χ4n) is 2.11. The Morgan fingerprint density at radius 1 is 1.18 bits per heavy atom. The summed E-state index contributed by atoms with van der Waals surface area (Å²) in [6, 6.07) is 0.865. The molecule has 0 aliphatic rings. The van der Waals surface area contributed by atoms with Crippen molar-refractivity contribution in [3.63, 3.8) is 0 Å². The minimum absolute atomic E-state index is 0.644. The van der Waals surface area contributed by atoms with Crippen LogP contribution in [0.25, 0.3) is 0 Å². The van der Waals surface area contributed by atoms with Crippen LogP contribution in [0.1, 0.15) is 27.2 Å². The number of imidazole rings is 1. The van der Waals surface area contributed by atoms with Crippen LogP contribution in [0.15, 0.2) is 18.7 Å². The molecule has 0 saturated carbocycles. The predicted molar refractivity (Wildman–Crippen MR) is 86.1 cm³/mol. The number of aryl methyl sites for hydroxylation is 2. The molecule has 0 aromatic carbocycles. The third kappa shape index (κ3) is 8.82. The van der Waals surface area contributed by atoms with Crippen LogP contribution in [-0.2, 0) is 31.4 Å². The van der Waals surface area contributed by atoms with Gasteiger partial charge in [0, 0.05) is 25.9 Å². The molecule has 0 amide bonds. The Bertz CT molecular complexity index is 389. The van der Waals surface area contributed by atoms with Gasteiger partial charge in [-0.3, -0.25) is 0 Å². The van der Waals surface area contributed by atoms with Crippen molar-refractivity contribution < 1.29 is 27.3 Å². The Labute approximate surface area is 135 Å². The SMILES string of the molecule is CCO[Si](CCCn1cc[n+](C)c1)(OCC)OCC.O=[PH2][O-]. The van der Waals surface area contributed by atoms with Crippen molar-refractivity contribution in [3.8, 4) is 0 Å². The number of hydrogen-bond donors (Lipinski definition) is 0. The molecule has 130 valence electrons. The van der Waals surface area contributed by atoms with Crippen LogP contribution >= 0.6 is 8.69 Å². The Kier molecular flexibility index (Phi) is 12.7. The lowest BCUT2D eigenvalue weighted by Crippen LogP contribution is -2.46. The van der Waals surface area contributed by atoms with E-state index in [0.29, 0.717) is 19.8 Å². The molecule has 0 spiro atoms. The molecule has 0 aliphatic heterocycles. The number of aromatic nitrogens is 2. The van der Waals surface area contributed by atoms with Crippen molar-refractivity contribution in [2.45, 2.75) is 39.8 Å². The minimum atomic E-state index is -2.46. The van der Waals surface area contributed by atoms with Gasteiger partial charge >= 0.3 is 8.80 Å². The lowest BCUT2D eigenvalue weighted by atomic mass is 10.5. The molecular weight excluding hydrogens is 323 g/mol. The quantitative estimate of drug-likeness (QED) is 0.353. The summed E-state index contributed by atoms with van der Waals surface area (Å²) in [5.74, 6) is 0. The molecule has 1 aromatic heterocycles. The fourth-order valence-corrected chi connectivity index (χ4v) is 4.71. The number of hydrogen-bond acceptors (Lipinski definition) is 5. The first kappa shape index (κ1) is 21.5. The van der Waals surface area contributed by atoms with Crippen molar-refractivity contribution in [1.29, 1.82) is 0 Å². The van der Waals surface area contributed by atoms with Crippen LogP contribution in [0.5, 0.6) is 0 Å². The van der Waals surface area contributed by atoms with Gasteiger partial charge in [-0.05, 0) is 35.9 Å². The first-order valence-electron chi connectivity index (χ1n) is 7.55. The topological polar surface area (TPSA) is 76.6 Å². The maximum Gasteiger partial charge on any atom is 0.501 e. The third-order valence-corrected chi connectivity index (χ3v) is 5.97. The zero-order chi connectivity index (χ0) is 16.8. The molecule has 1 atom stereocenters. The van der Waals surface area contributed by atoms with E-state index in [1.165, 1.54) is 0 Å². The highest BCUT2D eigenvalue weighted by Gasteiger charge is 2.39. The molecule has 22 heavy (non-hydrogen) atoms. The molecule has 0 saturated heterocycles. The van der Waals surface area contributed by atoms with Crippen LogP contribution in [0, 0.1) is 0 Å². The Morgan fingerprint density at radius 3 is 2.05 bits per heavy atom. The van der Waals surface area contributed by atoms with E-state index >= 15 is 0 Å². The molecule has 7 nitrogen and oxygen atoms in total. The fraction of sp³-hybridized carbons (Fsp3) is 0.769. The van der Waals surface area contributed by atoms with E-state index in [1.54, 1.807) is 0 Å². The number of rotatable bonds is 10. The summed E-state index contributed by atoms with van der Waals surface area (Å²) in [4.78, 5) is 8.46. The summed E-state index contributed by atoms with van der Waals surface area (Å²) in [5.41, 5.74) is 0. The molecule has 0 N–H and O–H groups in total. The molecule has 1 rings (SSSR count). The highest BCUT2D eigenvalue weighted by molar-refractivity contribution is 7.14. The molecule has 1 aromatic rings. The van der Waals surface area contributed by atoms with Crippen LogP contribution in [-0.4, -0.2) is 33.2 Å². The second-order valence-corrected chi connectivity index (χ2v) is 7.42. The van der Waals surface area contributed by atoms with Gasteiger partial charge in [0.25, 0.3) is 0 Å². The summed E-state index contributed by atoms with van der Waals surface area (Å²) >= 11 is 0. The van der Waals surface area contributed by atoms with E-state index in [1.807, 2.05) is 38.6 Å². The van der Waals surface area contributed by atoms with E-state index in [-0.39, 0.29) is 0 Å². The zero-order valence-corrected chi connectivity index (χ0v) is 16.1. The maximum absolute atomic E-state index is 8.46. The smallest absolute Gasteiger partial charge is 0.501 e. The Morgan fingerprint density at radius 2 is 1.68 bits per heavy atom. The van der Waals surface area contributed by atoms with Crippen LogP contribution in [0.2, 0.25) is 6.04 Å². The standard InChI is InChI=1S/C13H27N2O3Si.H3O2P/c1-5-16-19(17-6-2,18-7-3)12-8-9-15-11-10-14(4)13-15;1-3-2/h10-11,13H,5-9,12H2,1-4H3;3H2,(H,1,2)/q+1;/p-1. The van der Waals surface area contributed by atoms with Gasteiger partial charge in [-0.15, -0.1) is 0 Å². The monoisotopic (exact) mass is 352 g/mol. The zero-order valence-electron chi connectivity index (χ0n) is 14.0. The van der Waals surface area contributed by atoms with Crippen molar-refractivity contribution in [2.24, 2.45) is 7.05 Å². The van der Waals surface area contributed by atoms with Crippen molar-refractivity contribution >= 4 is 17.5 Å². The van der Waals surface area contributed by atoms with E-state index in [2.05, 4.69) is 17.1 Å². The molecule has 0 aliphatic carbocycles. The molecule has 0 radical (unpaired) electrons. The first-order valence-corrected chi connectivity index (χ1v) is 10.4. The highest BCUT2D eigenvalue weighted by atomic mass is 31.1. The second kappa shape index (κ2) is 13.0. The van der Waals surface area contributed by atoms with Gasteiger partial charge in [0.1, 0.15) is 12.4 Å². The first-order chi connectivity index (χ1) is 10.6. The van der Waals surface area contributed by atoms with Crippen LogP contribution in [0.4, 0.5) is 0 Å². The van der Waals surface area contributed by atoms with Crippen LogP contribution in [0.3, 0.4) is 0 Å². The van der Waals surface area contributed by atoms with Crippen molar-refractivity contribution in [2.75, 3.05) is 19.8 Å². The highest BCUT2D eigenvalue weighted by Crippen LogP contribution is 2.18. The summed E-state index contributed by atoms with van der Waals surface area (Å²) in [7, 11) is -2.19. The molecular formula is C13H29N2O5PSi. The minimum Gasteiger partial charge on any atom is -0.804 e. The lowest BCUT2D eigenvalue weighted by Gasteiger charge is -2.28.